The highest BCUT2D eigenvalue weighted by Gasteiger charge is 2.25. The number of hydrogen-bond acceptors (Lipinski definition) is 5. The maximum absolute atomic E-state index is 12.5. The number of likely N-dealkylation sites (tertiary alicyclic amines) is 1. The van der Waals surface area contributed by atoms with Gasteiger partial charge in [-0.1, -0.05) is 31.1 Å². The second kappa shape index (κ2) is 10.9. The molecule has 6 nitrogen and oxygen atoms in total. The SMILES string of the molecule is C#CCn1c(=NC(=O)CSCC(=O)N2CC(C)CC(C)C2)sc2cc(OCC)ccc21. The van der Waals surface area contributed by atoms with E-state index >= 15 is 0 Å². The number of benzene rings is 1. The van der Waals surface area contributed by atoms with Gasteiger partial charge in [-0.3, -0.25) is 9.59 Å². The molecule has 2 aromatic rings. The molecule has 31 heavy (non-hydrogen) atoms. The molecule has 0 bridgehead atoms. The molecule has 1 aromatic heterocycles. The minimum absolute atomic E-state index is 0.101. The number of terminal acetylenes is 1. The van der Waals surface area contributed by atoms with Crippen molar-refractivity contribution in [3.63, 3.8) is 0 Å². The Morgan fingerprint density at radius 2 is 2.03 bits per heavy atom. The molecule has 2 unspecified atom stereocenters. The third-order valence-electron chi connectivity index (χ3n) is 5.11. The molecule has 3 rings (SSSR count). The van der Waals surface area contributed by atoms with Crippen molar-refractivity contribution in [2.24, 2.45) is 16.8 Å². The van der Waals surface area contributed by atoms with Crippen molar-refractivity contribution in [1.82, 2.24) is 9.47 Å². The highest BCUT2D eigenvalue weighted by atomic mass is 32.2. The van der Waals surface area contributed by atoms with E-state index in [2.05, 4.69) is 24.8 Å². The summed E-state index contributed by atoms with van der Waals surface area (Å²) in [6, 6.07) is 5.76. The molecular formula is C23H29N3O3S2. The average Bonchev–Trinajstić information content (AvgIpc) is 3.04. The van der Waals surface area contributed by atoms with Crippen LogP contribution in [0.3, 0.4) is 0 Å². The second-order valence-corrected chi connectivity index (χ2v) is 9.98. The molecule has 1 aliphatic heterocycles. The van der Waals surface area contributed by atoms with Crippen LogP contribution in [-0.4, -0.2) is 52.5 Å². The van der Waals surface area contributed by atoms with E-state index in [4.69, 9.17) is 11.2 Å². The Kier molecular flexibility index (Phi) is 8.22. The molecular weight excluding hydrogens is 430 g/mol. The fourth-order valence-corrected chi connectivity index (χ4v) is 5.74. The number of hydrogen-bond donors (Lipinski definition) is 0. The fourth-order valence-electron chi connectivity index (χ4n) is 3.96. The molecule has 2 amide bonds. The summed E-state index contributed by atoms with van der Waals surface area (Å²) in [6.07, 6.45) is 6.69. The number of rotatable bonds is 7. The Hall–Kier alpha value is -2.24. The summed E-state index contributed by atoms with van der Waals surface area (Å²) in [7, 11) is 0. The van der Waals surface area contributed by atoms with E-state index in [9.17, 15) is 9.59 Å². The molecule has 0 spiro atoms. The van der Waals surface area contributed by atoms with Crippen molar-refractivity contribution in [2.45, 2.75) is 33.7 Å². The van der Waals surface area contributed by atoms with Crippen LogP contribution in [0.1, 0.15) is 27.2 Å². The summed E-state index contributed by atoms with van der Waals surface area (Å²) < 4.78 is 8.39. The van der Waals surface area contributed by atoms with Gasteiger partial charge in [0.1, 0.15) is 5.75 Å². The minimum Gasteiger partial charge on any atom is -0.494 e. The molecule has 2 atom stereocenters. The number of carbonyl (C=O) groups excluding carboxylic acids is 2. The number of aromatic nitrogens is 1. The second-order valence-electron chi connectivity index (χ2n) is 7.98. The average molecular weight is 460 g/mol. The molecule has 166 valence electrons. The number of amides is 2. The third-order valence-corrected chi connectivity index (χ3v) is 7.05. The van der Waals surface area contributed by atoms with Crippen LogP contribution in [0.4, 0.5) is 0 Å². The summed E-state index contributed by atoms with van der Waals surface area (Å²) in [5.74, 6) is 4.76. The van der Waals surface area contributed by atoms with Gasteiger partial charge < -0.3 is 14.2 Å². The predicted octanol–water partition coefficient (Wildman–Crippen LogP) is 3.40. The van der Waals surface area contributed by atoms with Crippen LogP contribution in [0, 0.1) is 24.2 Å². The summed E-state index contributed by atoms with van der Waals surface area (Å²) in [6.45, 7) is 8.82. The highest BCUT2D eigenvalue weighted by Crippen LogP contribution is 2.24. The lowest BCUT2D eigenvalue weighted by Crippen LogP contribution is -2.43. The van der Waals surface area contributed by atoms with Gasteiger partial charge in [0.2, 0.25) is 5.91 Å². The predicted molar refractivity (Wildman–Crippen MR) is 127 cm³/mol. The van der Waals surface area contributed by atoms with Crippen LogP contribution >= 0.6 is 23.1 Å². The summed E-state index contributed by atoms with van der Waals surface area (Å²) in [5.41, 5.74) is 0.925. The van der Waals surface area contributed by atoms with E-state index in [-0.39, 0.29) is 17.6 Å². The van der Waals surface area contributed by atoms with Crippen molar-refractivity contribution in [1.29, 1.82) is 0 Å². The molecule has 0 aliphatic carbocycles. The lowest BCUT2D eigenvalue weighted by molar-refractivity contribution is -0.130. The normalized spacial score (nSPS) is 19.4. The standard InChI is InChI=1S/C23H29N3O3S2/c1-5-9-26-19-8-7-18(29-6-2)11-20(19)31-23(26)24-21(27)14-30-15-22(28)25-12-16(3)10-17(4)13-25/h1,7-8,11,16-17H,6,9-10,12-15H2,2-4H3. The quantitative estimate of drug-likeness (QED) is 0.596. The van der Waals surface area contributed by atoms with Gasteiger partial charge in [-0.25, -0.2) is 0 Å². The van der Waals surface area contributed by atoms with E-state index in [0.29, 0.717) is 35.5 Å². The minimum atomic E-state index is -0.263. The van der Waals surface area contributed by atoms with Gasteiger partial charge in [0.15, 0.2) is 4.80 Å². The van der Waals surface area contributed by atoms with Gasteiger partial charge in [-0.2, -0.15) is 4.99 Å². The van der Waals surface area contributed by atoms with Gasteiger partial charge >= 0.3 is 0 Å². The van der Waals surface area contributed by atoms with Gasteiger partial charge in [0, 0.05) is 13.1 Å². The van der Waals surface area contributed by atoms with Gasteiger partial charge in [0.25, 0.3) is 5.91 Å². The molecule has 0 saturated carbocycles. The smallest absolute Gasteiger partial charge is 0.258 e. The molecule has 1 aromatic carbocycles. The number of thioether (sulfide) groups is 1. The zero-order valence-electron chi connectivity index (χ0n) is 18.3. The monoisotopic (exact) mass is 459 g/mol. The number of ether oxygens (including phenoxy) is 1. The zero-order valence-corrected chi connectivity index (χ0v) is 19.9. The number of piperidine rings is 1. The van der Waals surface area contributed by atoms with Crippen LogP contribution in [-0.2, 0) is 16.1 Å². The summed E-state index contributed by atoms with van der Waals surface area (Å²) in [4.78, 5) is 31.8. The Balaban J connectivity index is 1.66. The van der Waals surface area contributed by atoms with Crippen molar-refractivity contribution in [3.8, 4) is 18.1 Å². The first-order valence-electron chi connectivity index (χ1n) is 10.5. The molecule has 1 saturated heterocycles. The fraction of sp³-hybridized carbons (Fsp3) is 0.522. The van der Waals surface area contributed by atoms with E-state index in [1.54, 1.807) is 0 Å². The first-order valence-corrected chi connectivity index (χ1v) is 12.5. The Labute approximate surface area is 191 Å². The topological polar surface area (TPSA) is 63.9 Å². The van der Waals surface area contributed by atoms with Crippen molar-refractivity contribution >= 4 is 45.1 Å². The van der Waals surface area contributed by atoms with Gasteiger partial charge in [-0.15, -0.1) is 18.2 Å². The van der Waals surface area contributed by atoms with E-state index in [0.717, 1.165) is 35.5 Å². The molecule has 1 fully saturated rings. The van der Waals surface area contributed by atoms with Gasteiger partial charge in [0.05, 0.1) is 34.9 Å². The molecule has 8 heteroatoms. The third kappa shape index (κ3) is 6.14. The van der Waals surface area contributed by atoms with Crippen LogP contribution in [0.2, 0.25) is 0 Å². The van der Waals surface area contributed by atoms with Crippen molar-refractivity contribution < 1.29 is 14.3 Å². The summed E-state index contributed by atoms with van der Waals surface area (Å²) in [5, 5.41) is 0. The lowest BCUT2D eigenvalue weighted by Gasteiger charge is -2.35. The Morgan fingerprint density at radius 1 is 1.29 bits per heavy atom. The van der Waals surface area contributed by atoms with Crippen LogP contribution in [0.15, 0.2) is 23.2 Å². The molecule has 1 aliphatic rings. The molecule has 0 N–H and O–H groups in total. The van der Waals surface area contributed by atoms with Crippen LogP contribution < -0.4 is 9.54 Å². The number of nitrogens with zero attached hydrogens (tertiary/aromatic N) is 3. The Bertz CT molecular complexity index is 1040. The first-order chi connectivity index (χ1) is 14.9. The summed E-state index contributed by atoms with van der Waals surface area (Å²) >= 11 is 2.73. The first kappa shape index (κ1) is 23.4. The number of fused-ring (bicyclic) bond motifs is 1. The van der Waals surface area contributed by atoms with Crippen LogP contribution in [0.5, 0.6) is 5.75 Å². The number of carbonyl (C=O) groups is 2. The maximum atomic E-state index is 12.5. The van der Waals surface area contributed by atoms with E-state index < -0.39 is 0 Å². The zero-order chi connectivity index (χ0) is 22.4. The highest BCUT2D eigenvalue weighted by molar-refractivity contribution is 8.00. The van der Waals surface area contributed by atoms with Crippen LogP contribution in [0.25, 0.3) is 10.2 Å². The lowest BCUT2D eigenvalue weighted by atomic mass is 9.92. The van der Waals surface area contributed by atoms with Crippen molar-refractivity contribution in [2.75, 3.05) is 31.2 Å². The largest absolute Gasteiger partial charge is 0.494 e. The van der Waals surface area contributed by atoms with E-state index in [1.807, 2.05) is 34.6 Å². The molecule has 2 heterocycles. The van der Waals surface area contributed by atoms with Crippen molar-refractivity contribution in [3.05, 3.63) is 23.0 Å². The Morgan fingerprint density at radius 3 is 2.71 bits per heavy atom. The van der Waals surface area contributed by atoms with E-state index in [1.165, 1.54) is 23.1 Å². The number of thiazole rings is 1. The molecule has 0 radical (unpaired) electrons. The maximum Gasteiger partial charge on any atom is 0.258 e. The van der Waals surface area contributed by atoms with Gasteiger partial charge in [-0.05, 0) is 43.4 Å².